The molecule has 0 atom stereocenters. The minimum absolute atomic E-state index is 0.238. The molecule has 110 valence electrons. The second-order valence-electron chi connectivity index (χ2n) is 5.78. The summed E-state index contributed by atoms with van der Waals surface area (Å²) < 4.78 is 19.1. The normalized spacial score (nSPS) is 14.8. The van der Waals surface area contributed by atoms with Gasteiger partial charge in [0.15, 0.2) is 0 Å². The summed E-state index contributed by atoms with van der Waals surface area (Å²) in [5.74, 6) is 0.567. The highest BCUT2D eigenvalue weighted by Gasteiger charge is 2.27. The highest BCUT2D eigenvalue weighted by molar-refractivity contribution is 7.71. The highest BCUT2D eigenvalue weighted by Crippen LogP contribution is 2.30. The third kappa shape index (κ3) is 2.63. The van der Waals surface area contributed by atoms with E-state index in [1.54, 1.807) is 12.1 Å². The quantitative estimate of drug-likeness (QED) is 0.860. The van der Waals surface area contributed by atoms with E-state index in [1.165, 1.54) is 12.1 Å². The van der Waals surface area contributed by atoms with Gasteiger partial charge in [0, 0.05) is 23.1 Å². The fourth-order valence-electron chi connectivity index (χ4n) is 2.55. The first-order chi connectivity index (χ1) is 9.98. The topological polar surface area (TPSA) is 37.9 Å². The van der Waals surface area contributed by atoms with E-state index < -0.39 is 0 Å². The zero-order valence-electron chi connectivity index (χ0n) is 12.1. The molecule has 0 spiro atoms. The van der Waals surface area contributed by atoms with Gasteiger partial charge in [-0.05, 0) is 31.5 Å². The summed E-state index contributed by atoms with van der Waals surface area (Å²) in [7, 11) is 0. The number of aromatic nitrogens is 2. The number of aromatic amines is 1. The van der Waals surface area contributed by atoms with E-state index in [0.29, 0.717) is 17.9 Å². The molecular formula is C16H17FN2OS. The fourth-order valence-corrected chi connectivity index (χ4v) is 2.83. The maximum absolute atomic E-state index is 13.1. The van der Waals surface area contributed by atoms with Crippen molar-refractivity contribution in [2.45, 2.75) is 32.3 Å². The number of benzene rings is 1. The van der Waals surface area contributed by atoms with E-state index in [2.05, 4.69) is 23.8 Å². The van der Waals surface area contributed by atoms with Crippen LogP contribution in [-0.4, -0.2) is 16.6 Å². The van der Waals surface area contributed by atoms with Crippen LogP contribution in [0.1, 0.15) is 36.5 Å². The molecule has 0 aliphatic carbocycles. The van der Waals surface area contributed by atoms with E-state index in [1.807, 2.05) is 0 Å². The Hall–Kier alpha value is -1.59. The Bertz CT molecular complexity index is 722. The molecule has 1 aromatic heterocycles. The molecule has 1 aliphatic heterocycles. The summed E-state index contributed by atoms with van der Waals surface area (Å²) >= 11 is 5.39. The van der Waals surface area contributed by atoms with Crippen molar-refractivity contribution in [3.8, 4) is 0 Å². The molecule has 0 bridgehead atoms. The predicted octanol–water partition coefficient (Wildman–Crippen LogP) is 3.68. The minimum atomic E-state index is -0.366. The molecule has 0 amide bonds. The summed E-state index contributed by atoms with van der Waals surface area (Å²) in [5.41, 5.74) is 2.71. The van der Waals surface area contributed by atoms with Gasteiger partial charge in [-0.2, -0.15) is 0 Å². The Kier molecular flexibility index (Phi) is 3.63. The summed E-state index contributed by atoms with van der Waals surface area (Å²) in [4.78, 5) is 7.95. The van der Waals surface area contributed by atoms with Gasteiger partial charge in [0.05, 0.1) is 13.2 Å². The molecule has 5 heteroatoms. The number of nitrogens with zero attached hydrogens (tertiary/aromatic N) is 1. The third-order valence-corrected chi connectivity index (χ3v) is 4.34. The van der Waals surface area contributed by atoms with Gasteiger partial charge in [0.25, 0.3) is 0 Å². The molecule has 3 rings (SSSR count). The van der Waals surface area contributed by atoms with Crippen molar-refractivity contribution in [1.82, 2.24) is 9.97 Å². The van der Waals surface area contributed by atoms with Crippen LogP contribution >= 0.6 is 12.2 Å². The molecule has 1 N–H and O–H groups in total. The van der Waals surface area contributed by atoms with E-state index in [-0.39, 0.29) is 11.2 Å². The van der Waals surface area contributed by atoms with Crippen LogP contribution in [0.3, 0.4) is 0 Å². The average molecular weight is 304 g/mol. The van der Waals surface area contributed by atoms with Gasteiger partial charge in [-0.15, -0.1) is 0 Å². The molecule has 2 aromatic rings. The lowest BCUT2D eigenvalue weighted by Crippen LogP contribution is -2.25. The first-order valence-corrected chi connectivity index (χ1v) is 7.35. The minimum Gasteiger partial charge on any atom is -0.376 e. The van der Waals surface area contributed by atoms with Crippen LogP contribution in [0.2, 0.25) is 0 Å². The zero-order chi connectivity index (χ0) is 15.0. The van der Waals surface area contributed by atoms with E-state index in [4.69, 9.17) is 17.0 Å². The van der Waals surface area contributed by atoms with Gasteiger partial charge >= 0.3 is 0 Å². The third-order valence-electron chi connectivity index (χ3n) is 4.01. The number of fused-ring (bicyclic) bond motifs is 1. The molecule has 0 saturated carbocycles. The van der Waals surface area contributed by atoms with Crippen LogP contribution in [0.25, 0.3) is 0 Å². The number of ether oxygens (including phenoxy) is 1. The Morgan fingerprint density at radius 1 is 1.29 bits per heavy atom. The van der Waals surface area contributed by atoms with Crippen LogP contribution in [0.5, 0.6) is 0 Å². The first kappa shape index (κ1) is 14.4. The van der Waals surface area contributed by atoms with Crippen LogP contribution in [0, 0.1) is 10.5 Å². The monoisotopic (exact) mass is 304 g/mol. The SMILES string of the molecule is CC(C)(c1ccc(F)cc1)c1nc(=S)c2c([nH]1)CCOC2. The van der Waals surface area contributed by atoms with E-state index >= 15 is 0 Å². The molecular weight excluding hydrogens is 287 g/mol. The lowest BCUT2D eigenvalue weighted by Gasteiger charge is -2.27. The molecule has 2 heterocycles. The van der Waals surface area contributed by atoms with Crippen molar-refractivity contribution in [2.24, 2.45) is 0 Å². The van der Waals surface area contributed by atoms with Crippen LogP contribution in [0.4, 0.5) is 4.39 Å². The van der Waals surface area contributed by atoms with Crippen molar-refractivity contribution in [1.29, 1.82) is 0 Å². The lowest BCUT2D eigenvalue weighted by atomic mass is 9.83. The van der Waals surface area contributed by atoms with Gasteiger partial charge in [-0.3, -0.25) is 0 Å². The molecule has 1 aromatic carbocycles. The smallest absolute Gasteiger partial charge is 0.135 e. The number of halogens is 1. The van der Waals surface area contributed by atoms with E-state index in [9.17, 15) is 4.39 Å². The molecule has 1 aliphatic rings. The van der Waals surface area contributed by atoms with Crippen LogP contribution < -0.4 is 0 Å². The maximum Gasteiger partial charge on any atom is 0.135 e. The predicted molar refractivity (Wildman–Crippen MR) is 81.3 cm³/mol. The second kappa shape index (κ2) is 5.31. The average Bonchev–Trinajstić information content (AvgIpc) is 2.47. The number of nitrogens with one attached hydrogen (secondary N) is 1. The van der Waals surface area contributed by atoms with Crippen LogP contribution in [0.15, 0.2) is 24.3 Å². The van der Waals surface area contributed by atoms with Gasteiger partial charge in [0.2, 0.25) is 0 Å². The summed E-state index contributed by atoms with van der Waals surface area (Å²) in [6, 6.07) is 6.52. The zero-order valence-corrected chi connectivity index (χ0v) is 12.9. The van der Waals surface area contributed by atoms with Crippen molar-refractivity contribution in [2.75, 3.05) is 6.61 Å². The van der Waals surface area contributed by atoms with Gasteiger partial charge < -0.3 is 9.72 Å². The molecule has 0 fully saturated rings. The Morgan fingerprint density at radius 3 is 2.71 bits per heavy atom. The van der Waals surface area contributed by atoms with Gasteiger partial charge in [-0.1, -0.05) is 24.4 Å². The lowest BCUT2D eigenvalue weighted by molar-refractivity contribution is 0.108. The standard InChI is InChI=1S/C16H17FN2OS/c1-16(2,10-3-5-11(17)6-4-10)15-18-13-7-8-20-9-12(13)14(21)19-15/h3-6H,7-9H2,1-2H3,(H,18,19,21). The largest absolute Gasteiger partial charge is 0.376 e. The number of H-pyrrole nitrogens is 1. The summed E-state index contributed by atoms with van der Waals surface area (Å²) in [5, 5.41) is 0. The van der Waals surface area contributed by atoms with Gasteiger partial charge in [-0.25, -0.2) is 9.37 Å². The number of rotatable bonds is 2. The van der Waals surface area contributed by atoms with Crippen molar-refractivity contribution >= 4 is 12.2 Å². The molecule has 0 saturated heterocycles. The summed E-state index contributed by atoms with van der Waals surface area (Å²) in [6.07, 6.45) is 0.813. The van der Waals surface area contributed by atoms with Crippen molar-refractivity contribution in [3.63, 3.8) is 0 Å². The maximum atomic E-state index is 13.1. The molecule has 3 nitrogen and oxygen atoms in total. The Morgan fingerprint density at radius 2 is 2.00 bits per heavy atom. The Balaban J connectivity index is 2.08. The molecule has 21 heavy (non-hydrogen) atoms. The van der Waals surface area contributed by atoms with Crippen molar-refractivity contribution < 1.29 is 9.13 Å². The number of hydrogen-bond acceptors (Lipinski definition) is 3. The molecule has 0 radical (unpaired) electrons. The highest BCUT2D eigenvalue weighted by atomic mass is 32.1. The summed E-state index contributed by atoms with van der Waals surface area (Å²) in [6.45, 7) is 5.33. The second-order valence-corrected chi connectivity index (χ2v) is 6.17. The Labute approximate surface area is 128 Å². The molecule has 0 unspecified atom stereocenters. The number of hydrogen-bond donors (Lipinski definition) is 1. The fraction of sp³-hybridized carbons (Fsp3) is 0.375. The van der Waals surface area contributed by atoms with Crippen LogP contribution in [-0.2, 0) is 23.2 Å². The van der Waals surface area contributed by atoms with Crippen molar-refractivity contribution in [3.05, 3.63) is 57.4 Å². The van der Waals surface area contributed by atoms with Gasteiger partial charge in [0.1, 0.15) is 16.3 Å². The first-order valence-electron chi connectivity index (χ1n) is 6.95. The van der Waals surface area contributed by atoms with E-state index in [0.717, 1.165) is 29.1 Å².